The average Bonchev–Trinajstić information content (AvgIpc) is 2.48. The lowest BCUT2D eigenvalue weighted by molar-refractivity contribution is 0.300. The first-order chi connectivity index (χ1) is 10.1. The molecule has 5 heteroatoms. The minimum absolute atomic E-state index is 0.0394. The molecule has 0 radical (unpaired) electrons. The van der Waals surface area contributed by atoms with Gasteiger partial charge in [0, 0.05) is 49.0 Å². The number of aliphatic hydroxyl groups excluding tert-OH is 1. The van der Waals surface area contributed by atoms with Gasteiger partial charge in [0.05, 0.1) is 0 Å². The molecule has 0 amide bonds. The van der Waals surface area contributed by atoms with Crippen molar-refractivity contribution in [3.05, 3.63) is 35.9 Å². The summed E-state index contributed by atoms with van der Waals surface area (Å²) in [4.78, 5) is 0. The van der Waals surface area contributed by atoms with Gasteiger partial charge in [0.1, 0.15) is 0 Å². The van der Waals surface area contributed by atoms with E-state index in [1.54, 1.807) is 6.07 Å². The second-order valence-electron chi connectivity index (χ2n) is 4.84. The summed E-state index contributed by atoms with van der Waals surface area (Å²) in [7, 11) is 3.75. The first-order valence-corrected chi connectivity index (χ1v) is 6.90. The van der Waals surface area contributed by atoms with Crippen LogP contribution in [0.25, 0.3) is 11.1 Å². The van der Waals surface area contributed by atoms with Crippen LogP contribution in [0.4, 0.5) is 22.7 Å². The van der Waals surface area contributed by atoms with Gasteiger partial charge in [-0.3, -0.25) is 0 Å². The van der Waals surface area contributed by atoms with Crippen molar-refractivity contribution in [2.75, 3.05) is 42.8 Å². The van der Waals surface area contributed by atoms with Crippen LogP contribution in [-0.2, 0) is 6.42 Å². The van der Waals surface area contributed by atoms with Gasteiger partial charge in [0.2, 0.25) is 0 Å². The summed E-state index contributed by atoms with van der Waals surface area (Å²) in [6, 6.07) is 9.60. The van der Waals surface area contributed by atoms with Crippen LogP contribution in [0.15, 0.2) is 30.3 Å². The fourth-order valence-corrected chi connectivity index (χ4v) is 2.59. The summed E-state index contributed by atoms with van der Waals surface area (Å²) >= 11 is 0. The standard InChI is InChI=1S/C16H22N4O/c1-19-14-4-3-5-15(20-2)16(14)12-8-10(17)9-13(18)11(12)6-7-21/h3-5,8-9,19-21H,6-7,17-18H2,1-2H3. The molecule has 0 saturated carbocycles. The minimum atomic E-state index is 0.0394. The van der Waals surface area contributed by atoms with Gasteiger partial charge in [-0.25, -0.2) is 0 Å². The summed E-state index contributed by atoms with van der Waals surface area (Å²) in [5, 5.41) is 15.7. The van der Waals surface area contributed by atoms with E-state index in [1.165, 1.54) is 0 Å². The lowest BCUT2D eigenvalue weighted by atomic mass is 9.93. The summed E-state index contributed by atoms with van der Waals surface area (Å²) in [6.07, 6.45) is 0.489. The van der Waals surface area contributed by atoms with Gasteiger partial charge in [-0.15, -0.1) is 0 Å². The van der Waals surface area contributed by atoms with E-state index >= 15 is 0 Å². The highest BCUT2D eigenvalue weighted by atomic mass is 16.2. The van der Waals surface area contributed by atoms with Gasteiger partial charge in [0.15, 0.2) is 0 Å². The monoisotopic (exact) mass is 286 g/mol. The Hall–Kier alpha value is -2.40. The van der Waals surface area contributed by atoms with E-state index in [-0.39, 0.29) is 6.61 Å². The highest BCUT2D eigenvalue weighted by Gasteiger charge is 2.16. The van der Waals surface area contributed by atoms with Crippen molar-refractivity contribution in [3.8, 4) is 11.1 Å². The molecule has 0 heterocycles. The Morgan fingerprint density at radius 1 is 1.05 bits per heavy atom. The number of hydrogen-bond acceptors (Lipinski definition) is 5. The van der Waals surface area contributed by atoms with Crippen LogP contribution in [0.3, 0.4) is 0 Å². The lowest BCUT2D eigenvalue weighted by Crippen LogP contribution is -2.05. The van der Waals surface area contributed by atoms with Crippen molar-refractivity contribution in [1.82, 2.24) is 0 Å². The van der Waals surface area contributed by atoms with Crippen LogP contribution >= 0.6 is 0 Å². The molecule has 0 unspecified atom stereocenters. The highest BCUT2D eigenvalue weighted by Crippen LogP contribution is 2.40. The van der Waals surface area contributed by atoms with Gasteiger partial charge in [-0.1, -0.05) is 6.07 Å². The van der Waals surface area contributed by atoms with Gasteiger partial charge < -0.3 is 27.2 Å². The normalized spacial score (nSPS) is 10.4. The first-order valence-electron chi connectivity index (χ1n) is 6.90. The molecule has 2 rings (SSSR count). The number of rotatable bonds is 5. The Balaban J connectivity index is 2.77. The Kier molecular flexibility index (Phi) is 4.55. The lowest BCUT2D eigenvalue weighted by Gasteiger charge is -2.19. The third-order valence-corrected chi connectivity index (χ3v) is 3.54. The van der Waals surface area contributed by atoms with E-state index < -0.39 is 0 Å². The van der Waals surface area contributed by atoms with Crippen LogP contribution in [0.1, 0.15) is 5.56 Å². The minimum Gasteiger partial charge on any atom is -0.399 e. The van der Waals surface area contributed by atoms with Crippen molar-refractivity contribution in [2.45, 2.75) is 6.42 Å². The largest absolute Gasteiger partial charge is 0.399 e. The molecule has 0 saturated heterocycles. The van der Waals surface area contributed by atoms with Gasteiger partial charge in [-0.05, 0) is 41.8 Å². The maximum Gasteiger partial charge on any atom is 0.0472 e. The zero-order valence-corrected chi connectivity index (χ0v) is 12.4. The summed E-state index contributed by atoms with van der Waals surface area (Å²) < 4.78 is 0. The van der Waals surface area contributed by atoms with E-state index in [0.717, 1.165) is 28.1 Å². The number of aliphatic hydroxyl groups is 1. The van der Waals surface area contributed by atoms with Crippen LogP contribution in [0, 0.1) is 0 Å². The average molecular weight is 286 g/mol. The second kappa shape index (κ2) is 6.37. The number of nitrogen functional groups attached to an aromatic ring is 2. The molecule has 0 aliphatic heterocycles. The first kappa shape index (κ1) is 15.0. The Morgan fingerprint density at radius 3 is 2.19 bits per heavy atom. The number of anilines is 4. The third-order valence-electron chi connectivity index (χ3n) is 3.54. The fourth-order valence-electron chi connectivity index (χ4n) is 2.59. The van der Waals surface area contributed by atoms with Crippen LogP contribution in [0.2, 0.25) is 0 Å². The van der Waals surface area contributed by atoms with Crippen LogP contribution in [-0.4, -0.2) is 25.8 Å². The Morgan fingerprint density at radius 2 is 1.67 bits per heavy atom. The third kappa shape index (κ3) is 2.87. The van der Waals surface area contributed by atoms with Gasteiger partial charge >= 0.3 is 0 Å². The number of hydrogen-bond donors (Lipinski definition) is 5. The Labute approximate surface area is 125 Å². The molecule has 7 N–H and O–H groups in total. The molecule has 0 fully saturated rings. The van der Waals surface area contributed by atoms with Gasteiger partial charge in [-0.2, -0.15) is 0 Å². The smallest absolute Gasteiger partial charge is 0.0472 e. The highest BCUT2D eigenvalue weighted by molar-refractivity contribution is 5.92. The summed E-state index contributed by atoms with van der Waals surface area (Å²) in [5.74, 6) is 0. The van der Waals surface area contributed by atoms with Crippen molar-refractivity contribution in [2.24, 2.45) is 0 Å². The number of nitrogens with two attached hydrogens (primary N) is 2. The molecule has 0 aliphatic rings. The maximum absolute atomic E-state index is 9.32. The molecular weight excluding hydrogens is 264 g/mol. The topological polar surface area (TPSA) is 96.3 Å². The number of nitrogens with one attached hydrogen (secondary N) is 2. The fraction of sp³-hybridized carbons (Fsp3) is 0.250. The maximum atomic E-state index is 9.32. The van der Waals surface area contributed by atoms with Crippen molar-refractivity contribution >= 4 is 22.7 Å². The zero-order valence-electron chi connectivity index (χ0n) is 12.4. The molecule has 5 nitrogen and oxygen atoms in total. The molecular formula is C16H22N4O. The van der Waals surface area contributed by atoms with E-state index in [9.17, 15) is 5.11 Å². The molecule has 112 valence electrons. The SMILES string of the molecule is CNc1cccc(NC)c1-c1cc(N)cc(N)c1CCO. The molecule has 0 atom stereocenters. The molecule has 2 aromatic carbocycles. The van der Waals surface area contributed by atoms with E-state index in [1.807, 2.05) is 38.4 Å². The molecule has 0 bridgehead atoms. The van der Waals surface area contributed by atoms with Gasteiger partial charge in [0.25, 0.3) is 0 Å². The predicted octanol–water partition coefficient (Wildman–Crippen LogP) is 2.14. The molecule has 21 heavy (non-hydrogen) atoms. The molecule has 2 aromatic rings. The number of benzene rings is 2. The molecule has 0 aliphatic carbocycles. The quantitative estimate of drug-likeness (QED) is 0.543. The molecule has 0 aromatic heterocycles. The van der Waals surface area contributed by atoms with Crippen molar-refractivity contribution in [3.63, 3.8) is 0 Å². The van der Waals surface area contributed by atoms with Crippen molar-refractivity contribution < 1.29 is 5.11 Å². The molecule has 0 spiro atoms. The van der Waals surface area contributed by atoms with E-state index in [4.69, 9.17) is 11.5 Å². The zero-order chi connectivity index (χ0) is 15.4. The van der Waals surface area contributed by atoms with E-state index in [0.29, 0.717) is 17.8 Å². The second-order valence-corrected chi connectivity index (χ2v) is 4.84. The summed E-state index contributed by atoms with van der Waals surface area (Å²) in [5.41, 5.74) is 18.1. The van der Waals surface area contributed by atoms with Crippen LogP contribution in [0.5, 0.6) is 0 Å². The van der Waals surface area contributed by atoms with Crippen LogP contribution < -0.4 is 22.1 Å². The van der Waals surface area contributed by atoms with E-state index in [2.05, 4.69) is 10.6 Å². The predicted molar refractivity (Wildman–Crippen MR) is 90.6 cm³/mol. The van der Waals surface area contributed by atoms with Crippen molar-refractivity contribution in [1.29, 1.82) is 0 Å². The summed E-state index contributed by atoms with van der Waals surface area (Å²) in [6.45, 7) is 0.0394. The Bertz CT molecular complexity index is 618.